The zero-order valence-electron chi connectivity index (χ0n) is 13.5. The van der Waals surface area contributed by atoms with Gasteiger partial charge in [-0.25, -0.2) is 4.39 Å². The van der Waals surface area contributed by atoms with E-state index in [-0.39, 0.29) is 11.9 Å². The first-order chi connectivity index (χ1) is 10.6. The number of hydrogen-bond donors (Lipinski definition) is 1. The van der Waals surface area contributed by atoms with Crippen molar-refractivity contribution < 1.29 is 4.39 Å². The number of halogens is 1. The van der Waals surface area contributed by atoms with Gasteiger partial charge in [0.15, 0.2) is 0 Å². The number of hydrogen-bond acceptors (Lipinski definition) is 2. The summed E-state index contributed by atoms with van der Waals surface area (Å²) in [4.78, 5) is 2.18. The molecule has 22 heavy (non-hydrogen) atoms. The SMILES string of the molecule is CN(C)C(c1ccc(F)cc1)c1ccc(C2CCCN2)n1C. The number of benzene rings is 1. The van der Waals surface area contributed by atoms with Crippen molar-refractivity contribution in [2.45, 2.75) is 24.9 Å². The lowest BCUT2D eigenvalue weighted by atomic mass is 10.0. The first kappa shape index (κ1) is 15.3. The van der Waals surface area contributed by atoms with Crippen molar-refractivity contribution in [3.63, 3.8) is 0 Å². The van der Waals surface area contributed by atoms with Crippen molar-refractivity contribution in [2.24, 2.45) is 7.05 Å². The Labute approximate surface area is 131 Å². The Balaban J connectivity index is 1.97. The summed E-state index contributed by atoms with van der Waals surface area (Å²) < 4.78 is 15.5. The minimum absolute atomic E-state index is 0.126. The molecule has 0 radical (unpaired) electrons. The Bertz CT molecular complexity index is 624. The summed E-state index contributed by atoms with van der Waals surface area (Å²) in [6.07, 6.45) is 2.43. The number of nitrogens with one attached hydrogen (secondary N) is 1. The molecule has 2 aromatic rings. The van der Waals surface area contributed by atoms with Gasteiger partial charge in [-0.05, 0) is 63.3 Å². The Kier molecular flexibility index (Phi) is 4.32. The van der Waals surface area contributed by atoms with E-state index in [0.29, 0.717) is 6.04 Å². The van der Waals surface area contributed by atoms with Crippen LogP contribution < -0.4 is 5.32 Å². The van der Waals surface area contributed by atoms with Crippen LogP contribution in [0.4, 0.5) is 4.39 Å². The van der Waals surface area contributed by atoms with Crippen LogP contribution in [-0.4, -0.2) is 30.1 Å². The van der Waals surface area contributed by atoms with E-state index in [1.54, 1.807) is 0 Å². The predicted octanol–water partition coefficient (Wildman–Crippen LogP) is 3.24. The molecule has 1 aliphatic heterocycles. The van der Waals surface area contributed by atoms with Crippen LogP contribution in [0.25, 0.3) is 0 Å². The van der Waals surface area contributed by atoms with E-state index in [9.17, 15) is 4.39 Å². The highest BCUT2D eigenvalue weighted by atomic mass is 19.1. The van der Waals surface area contributed by atoms with E-state index in [4.69, 9.17) is 0 Å². The van der Waals surface area contributed by atoms with Gasteiger partial charge in [-0.15, -0.1) is 0 Å². The number of nitrogens with zero attached hydrogens (tertiary/aromatic N) is 2. The Morgan fingerprint density at radius 3 is 2.50 bits per heavy atom. The van der Waals surface area contributed by atoms with Gasteiger partial charge >= 0.3 is 0 Å². The molecule has 118 valence electrons. The van der Waals surface area contributed by atoms with Crippen LogP contribution in [0, 0.1) is 5.82 Å². The molecule has 2 atom stereocenters. The Morgan fingerprint density at radius 1 is 1.18 bits per heavy atom. The monoisotopic (exact) mass is 301 g/mol. The van der Waals surface area contributed by atoms with E-state index in [1.807, 2.05) is 12.1 Å². The second kappa shape index (κ2) is 6.23. The molecule has 1 aliphatic rings. The van der Waals surface area contributed by atoms with Crippen molar-refractivity contribution in [2.75, 3.05) is 20.6 Å². The molecule has 1 aromatic heterocycles. The first-order valence-corrected chi connectivity index (χ1v) is 7.88. The molecule has 1 saturated heterocycles. The summed E-state index contributed by atoms with van der Waals surface area (Å²) in [5.74, 6) is -0.191. The maximum Gasteiger partial charge on any atom is 0.123 e. The molecule has 1 aromatic carbocycles. The van der Waals surface area contributed by atoms with Crippen LogP contribution in [0.5, 0.6) is 0 Å². The fourth-order valence-electron chi connectivity index (χ4n) is 3.48. The number of rotatable bonds is 4. The Morgan fingerprint density at radius 2 is 1.91 bits per heavy atom. The molecule has 3 rings (SSSR count). The lowest BCUT2D eigenvalue weighted by molar-refractivity contribution is 0.329. The molecule has 0 saturated carbocycles. The second-order valence-electron chi connectivity index (χ2n) is 6.31. The van der Waals surface area contributed by atoms with E-state index < -0.39 is 0 Å². The molecule has 4 heteroatoms. The van der Waals surface area contributed by atoms with E-state index in [1.165, 1.54) is 36.4 Å². The molecule has 2 unspecified atom stereocenters. The normalized spacial score (nSPS) is 19.8. The van der Waals surface area contributed by atoms with Gasteiger partial charge in [0, 0.05) is 24.5 Å². The van der Waals surface area contributed by atoms with Crippen molar-refractivity contribution in [3.8, 4) is 0 Å². The summed E-state index contributed by atoms with van der Waals surface area (Å²) in [7, 11) is 6.26. The van der Waals surface area contributed by atoms with Crippen LogP contribution in [0.15, 0.2) is 36.4 Å². The smallest absolute Gasteiger partial charge is 0.123 e. The summed E-state index contributed by atoms with van der Waals surface area (Å²) in [6, 6.07) is 11.8. The van der Waals surface area contributed by atoms with Gasteiger partial charge in [-0.2, -0.15) is 0 Å². The first-order valence-electron chi connectivity index (χ1n) is 7.88. The number of aromatic nitrogens is 1. The van der Waals surface area contributed by atoms with Gasteiger partial charge < -0.3 is 9.88 Å². The third-order valence-corrected chi connectivity index (χ3v) is 4.60. The summed E-state index contributed by atoms with van der Waals surface area (Å²) in [6.45, 7) is 1.10. The molecule has 0 spiro atoms. The lowest BCUT2D eigenvalue weighted by Crippen LogP contribution is -2.24. The quantitative estimate of drug-likeness (QED) is 0.935. The summed E-state index contributed by atoms with van der Waals surface area (Å²) >= 11 is 0. The van der Waals surface area contributed by atoms with Gasteiger partial charge in [-0.1, -0.05) is 12.1 Å². The molecule has 0 aliphatic carbocycles. The third kappa shape index (κ3) is 2.81. The molecule has 0 amide bonds. The van der Waals surface area contributed by atoms with Gasteiger partial charge in [0.1, 0.15) is 5.82 Å². The van der Waals surface area contributed by atoms with Crippen LogP contribution >= 0.6 is 0 Å². The lowest BCUT2D eigenvalue weighted by Gasteiger charge is -2.26. The van der Waals surface area contributed by atoms with Crippen LogP contribution in [-0.2, 0) is 7.05 Å². The van der Waals surface area contributed by atoms with Gasteiger partial charge in [0.25, 0.3) is 0 Å². The molecule has 3 nitrogen and oxygen atoms in total. The highest BCUT2D eigenvalue weighted by molar-refractivity contribution is 5.32. The molecule has 0 bridgehead atoms. The second-order valence-corrected chi connectivity index (χ2v) is 6.31. The minimum atomic E-state index is -0.191. The largest absolute Gasteiger partial charge is 0.348 e. The van der Waals surface area contributed by atoms with Gasteiger partial charge in [-0.3, -0.25) is 4.90 Å². The van der Waals surface area contributed by atoms with Crippen LogP contribution in [0.3, 0.4) is 0 Å². The standard InChI is InChI=1S/C18H24FN3/c1-21(2)18(13-6-8-14(19)9-7-13)17-11-10-16(22(17)3)15-5-4-12-20-15/h6-11,15,18,20H,4-5,12H2,1-3H3. The zero-order valence-corrected chi connectivity index (χ0v) is 13.5. The average molecular weight is 301 g/mol. The molecule has 1 fully saturated rings. The van der Waals surface area contributed by atoms with E-state index in [2.05, 4.69) is 48.1 Å². The fourth-order valence-corrected chi connectivity index (χ4v) is 3.48. The van der Waals surface area contributed by atoms with Crippen molar-refractivity contribution >= 4 is 0 Å². The van der Waals surface area contributed by atoms with Crippen molar-refractivity contribution in [3.05, 3.63) is 59.2 Å². The fraction of sp³-hybridized carbons (Fsp3) is 0.444. The van der Waals surface area contributed by atoms with Crippen LogP contribution in [0.1, 0.15) is 41.9 Å². The molecule has 2 heterocycles. The van der Waals surface area contributed by atoms with Crippen molar-refractivity contribution in [1.29, 1.82) is 0 Å². The van der Waals surface area contributed by atoms with E-state index in [0.717, 1.165) is 12.1 Å². The topological polar surface area (TPSA) is 20.2 Å². The third-order valence-electron chi connectivity index (χ3n) is 4.60. The van der Waals surface area contributed by atoms with E-state index >= 15 is 0 Å². The summed E-state index contributed by atoms with van der Waals surface area (Å²) in [5.41, 5.74) is 3.68. The summed E-state index contributed by atoms with van der Waals surface area (Å²) in [5, 5.41) is 3.56. The molecule has 1 N–H and O–H groups in total. The zero-order chi connectivity index (χ0) is 15.7. The van der Waals surface area contributed by atoms with Gasteiger partial charge in [0.2, 0.25) is 0 Å². The minimum Gasteiger partial charge on any atom is -0.348 e. The van der Waals surface area contributed by atoms with Gasteiger partial charge in [0.05, 0.1) is 6.04 Å². The maximum atomic E-state index is 13.2. The maximum absolute atomic E-state index is 13.2. The predicted molar refractivity (Wildman–Crippen MR) is 87.3 cm³/mol. The average Bonchev–Trinajstić information content (AvgIpc) is 3.12. The Hall–Kier alpha value is -1.65. The van der Waals surface area contributed by atoms with Crippen LogP contribution in [0.2, 0.25) is 0 Å². The van der Waals surface area contributed by atoms with Crippen molar-refractivity contribution in [1.82, 2.24) is 14.8 Å². The highest BCUT2D eigenvalue weighted by Crippen LogP contribution is 2.31. The highest BCUT2D eigenvalue weighted by Gasteiger charge is 2.24. The molecular formula is C18H24FN3. The molecular weight excluding hydrogens is 277 g/mol.